The Labute approximate surface area is 99.5 Å². The van der Waals surface area contributed by atoms with Gasteiger partial charge in [-0.1, -0.05) is 36.4 Å². The lowest BCUT2D eigenvalue weighted by Gasteiger charge is -2.17. The maximum Gasteiger partial charge on any atom is 0.335 e. The monoisotopic (exact) mass is 234 g/mol. The molecule has 17 heavy (non-hydrogen) atoms. The molecule has 90 valence electrons. The second-order valence-electron chi connectivity index (χ2n) is 3.73. The quantitative estimate of drug-likeness (QED) is 0.641. The summed E-state index contributed by atoms with van der Waals surface area (Å²) in [5.41, 5.74) is 1.40. The summed E-state index contributed by atoms with van der Waals surface area (Å²) in [4.78, 5) is 21.9. The second kappa shape index (κ2) is 5.30. The molecule has 0 aliphatic carbocycles. The molecule has 1 aromatic rings. The third kappa shape index (κ3) is 3.45. The van der Waals surface area contributed by atoms with Crippen molar-refractivity contribution in [2.75, 3.05) is 0 Å². The van der Waals surface area contributed by atoms with Crippen LogP contribution < -0.4 is 0 Å². The van der Waals surface area contributed by atoms with Crippen molar-refractivity contribution in [2.45, 2.75) is 20.0 Å². The predicted molar refractivity (Wildman–Crippen MR) is 62.5 cm³/mol. The molecule has 0 aliphatic rings. The van der Waals surface area contributed by atoms with Crippen LogP contribution in [0, 0.1) is 6.92 Å². The number of aryl methyl sites for hydroxylation is 1. The van der Waals surface area contributed by atoms with Gasteiger partial charge in [0.05, 0.1) is 5.57 Å². The Balaban J connectivity index is 3.10. The number of hydrogen-bond donors (Lipinski definition) is 1. The third-order valence-corrected chi connectivity index (χ3v) is 2.22. The molecule has 0 amide bonds. The first kappa shape index (κ1) is 13.0. The van der Waals surface area contributed by atoms with Crippen LogP contribution in [0.15, 0.2) is 36.4 Å². The van der Waals surface area contributed by atoms with E-state index in [0.717, 1.165) is 5.56 Å². The van der Waals surface area contributed by atoms with E-state index in [9.17, 15) is 9.59 Å². The minimum absolute atomic E-state index is 0.161. The van der Waals surface area contributed by atoms with Crippen LogP contribution in [-0.4, -0.2) is 17.0 Å². The van der Waals surface area contributed by atoms with Crippen LogP contribution in [0.2, 0.25) is 0 Å². The molecular formula is C13H14O4. The number of carboxylic acids is 1. The lowest BCUT2D eigenvalue weighted by Crippen LogP contribution is -2.16. The van der Waals surface area contributed by atoms with Crippen molar-refractivity contribution in [1.82, 2.24) is 0 Å². The fraction of sp³-hybridized carbons (Fsp3) is 0.231. The van der Waals surface area contributed by atoms with Crippen molar-refractivity contribution in [1.29, 1.82) is 0 Å². The van der Waals surface area contributed by atoms with Gasteiger partial charge in [-0.05, 0) is 12.5 Å². The van der Waals surface area contributed by atoms with Gasteiger partial charge in [0.1, 0.15) is 0 Å². The van der Waals surface area contributed by atoms with E-state index in [1.54, 1.807) is 18.2 Å². The number of carboxylic acid groups (broad SMARTS) is 1. The fourth-order valence-electron chi connectivity index (χ4n) is 1.45. The van der Waals surface area contributed by atoms with Crippen molar-refractivity contribution in [3.05, 3.63) is 47.5 Å². The molecule has 1 rings (SSSR count). The summed E-state index contributed by atoms with van der Waals surface area (Å²) in [5, 5.41) is 8.91. The number of rotatable bonds is 4. The van der Waals surface area contributed by atoms with Crippen molar-refractivity contribution in [3.8, 4) is 0 Å². The number of esters is 1. The first-order chi connectivity index (χ1) is 7.91. The minimum Gasteiger partial charge on any atom is -0.478 e. The van der Waals surface area contributed by atoms with Gasteiger partial charge >= 0.3 is 11.9 Å². The van der Waals surface area contributed by atoms with Crippen LogP contribution >= 0.6 is 0 Å². The molecule has 1 atom stereocenters. The average molecular weight is 234 g/mol. The normalized spacial score (nSPS) is 11.6. The summed E-state index contributed by atoms with van der Waals surface area (Å²) in [6.45, 7) is 6.54. The molecule has 0 saturated carbocycles. The minimum atomic E-state index is -1.18. The van der Waals surface area contributed by atoms with E-state index < -0.39 is 18.0 Å². The Morgan fingerprint density at radius 2 is 2.06 bits per heavy atom. The molecule has 1 unspecified atom stereocenters. The maximum absolute atomic E-state index is 11.0. The van der Waals surface area contributed by atoms with Gasteiger partial charge in [-0.2, -0.15) is 0 Å². The summed E-state index contributed by atoms with van der Waals surface area (Å²) in [6, 6.07) is 7.12. The highest BCUT2D eigenvalue weighted by atomic mass is 16.5. The van der Waals surface area contributed by atoms with Crippen LogP contribution in [0.1, 0.15) is 24.2 Å². The van der Waals surface area contributed by atoms with Gasteiger partial charge in [0, 0.05) is 6.92 Å². The van der Waals surface area contributed by atoms with Crippen molar-refractivity contribution in [2.24, 2.45) is 0 Å². The molecule has 0 radical (unpaired) electrons. The van der Waals surface area contributed by atoms with Gasteiger partial charge in [0.2, 0.25) is 0 Å². The van der Waals surface area contributed by atoms with Crippen LogP contribution in [0.25, 0.3) is 0 Å². The van der Waals surface area contributed by atoms with E-state index in [4.69, 9.17) is 9.84 Å². The van der Waals surface area contributed by atoms with E-state index in [2.05, 4.69) is 6.58 Å². The Hall–Kier alpha value is -2.10. The van der Waals surface area contributed by atoms with Gasteiger partial charge in [0.15, 0.2) is 6.10 Å². The molecule has 4 heteroatoms. The van der Waals surface area contributed by atoms with Gasteiger partial charge in [-0.25, -0.2) is 4.79 Å². The Kier molecular flexibility index (Phi) is 4.04. The van der Waals surface area contributed by atoms with E-state index in [1.165, 1.54) is 6.92 Å². The molecule has 0 heterocycles. The molecule has 0 fully saturated rings. The average Bonchev–Trinajstić information content (AvgIpc) is 2.24. The number of carbonyl (C=O) groups excluding carboxylic acids is 1. The van der Waals surface area contributed by atoms with Crippen LogP contribution in [0.4, 0.5) is 0 Å². The molecule has 0 aromatic heterocycles. The maximum atomic E-state index is 11.0. The molecule has 1 aromatic carbocycles. The number of carbonyl (C=O) groups is 2. The Morgan fingerprint density at radius 3 is 2.53 bits per heavy atom. The smallest absolute Gasteiger partial charge is 0.335 e. The zero-order valence-electron chi connectivity index (χ0n) is 9.77. The van der Waals surface area contributed by atoms with Gasteiger partial charge < -0.3 is 9.84 Å². The number of benzene rings is 1. The lowest BCUT2D eigenvalue weighted by atomic mass is 10.0. The highest BCUT2D eigenvalue weighted by molar-refractivity contribution is 5.87. The first-order valence-electron chi connectivity index (χ1n) is 5.07. The van der Waals surface area contributed by atoms with Gasteiger partial charge in [0.25, 0.3) is 0 Å². The molecule has 0 saturated heterocycles. The third-order valence-electron chi connectivity index (χ3n) is 2.22. The van der Waals surface area contributed by atoms with Crippen LogP contribution in [0.3, 0.4) is 0 Å². The second-order valence-corrected chi connectivity index (χ2v) is 3.73. The Morgan fingerprint density at radius 1 is 1.41 bits per heavy atom. The topological polar surface area (TPSA) is 63.6 Å². The largest absolute Gasteiger partial charge is 0.478 e. The standard InChI is InChI=1S/C13H14O4/c1-8-5-4-6-11(7-8)12(17-10(3)14)9(2)13(15)16/h4-7,12H,2H2,1,3H3,(H,15,16). The predicted octanol–water partition coefficient (Wildman–Crippen LogP) is 2.24. The van der Waals surface area contributed by atoms with Crippen molar-refractivity contribution in [3.63, 3.8) is 0 Å². The number of aliphatic carboxylic acids is 1. The Bertz CT molecular complexity index is 462. The lowest BCUT2D eigenvalue weighted by molar-refractivity contribution is -0.146. The molecular weight excluding hydrogens is 220 g/mol. The molecule has 4 nitrogen and oxygen atoms in total. The zero-order chi connectivity index (χ0) is 13.0. The molecule has 0 aliphatic heterocycles. The summed E-state index contributed by atoms with van der Waals surface area (Å²) in [5.74, 6) is -1.73. The van der Waals surface area contributed by atoms with Crippen LogP contribution in [0.5, 0.6) is 0 Å². The molecule has 0 spiro atoms. The summed E-state index contributed by atoms with van der Waals surface area (Å²) in [7, 11) is 0. The fourth-order valence-corrected chi connectivity index (χ4v) is 1.45. The van der Waals surface area contributed by atoms with Gasteiger partial charge in [-0.3, -0.25) is 4.79 Å². The van der Waals surface area contributed by atoms with E-state index in [0.29, 0.717) is 5.56 Å². The number of ether oxygens (including phenoxy) is 1. The van der Waals surface area contributed by atoms with Crippen molar-refractivity contribution < 1.29 is 19.4 Å². The van der Waals surface area contributed by atoms with E-state index >= 15 is 0 Å². The number of hydrogen-bond acceptors (Lipinski definition) is 3. The molecule has 0 bridgehead atoms. The van der Waals surface area contributed by atoms with E-state index in [1.807, 2.05) is 13.0 Å². The SMILES string of the molecule is C=C(C(=O)O)C(OC(C)=O)c1cccc(C)c1. The highest BCUT2D eigenvalue weighted by Gasteiger charge is 2.23. The van der Waals surface area contributed by atoms with Gasteiger partial charge in [-0.15, -0.1) is 0 Å². The first-order valence-corrected chi connectivity index (χ1v) is 5.07. The molecule has 1 N–H and O–H groups in total. The zero-order valence-corrected chi connectivity index (χ0v) is 9.77. The summed E-state index contributed by atoms with van der Waals surface area (Å²) in [6.07, 6.45) is -0.940. The summed E-state index contributed by atoms with van der Waals surface area (Å²) < 4.78 is 5.00. The van der Waals surface area contributed by atoms with Crippen LogP contribution in [-0.2, 0) is 14.3 Å². The van der Waals surface area contributed by atoms with Crippen molar-refractivity contribution >= 4 is 11.9 Å². The summed E-state index contributed by atoms with van der Waals surface area (Å²) >= 11 is 0. The highest BCUT2D eigenvalue weighted by Crippen LogP contribution is 2.25. The van der Waals surface area contributed by atoms with E-state index in [-0.39, 0.29) is 5.57 Å².